The minimum atomic E-state index is -0.608. The Morgan fingerprint density at radius 1 is 1.62 bits per heavy atom. The second kappa shape index (κ2) is 6.17. The number of carbonyl (C=O) groups excluding carboxylic acids is 1. The molecule has 1 N–H and O–H groups in total. The summed E-state index contributed by atoms with van der Waals surface area (Å²) >= 11 is 0. The first-order chi connectivity index (χ1) is 7.61. The summed E-state index contributed by atoms with van der Waals surface area (Å²) in [7, 11) is 1.59. The number of anilines is 1. The Balaban J connectivity index is 2.40. The van der Waals surface area contributed by atoms with Crippen LogP contribution in [0.4, 0.5) is 10.2 Å². The van der Waals surface area contributed by atoms with Gasteiger partial charge in [-0.15, -0.1) is 0 Å². The third-order valence-corrected chi connectivity index (χ3v) is 2.16. The predicted molar refractivity (Wildman–Crippen MR) is 58.5 cm³/mol. The molecule has 1 unspecified atom stereocenters. The summed E-state index contributed by atoms with van der Waals surface area (Å²) in [6.07, 6.45) is 0.983. The molecule has 0 bridgehead atoms. The lowest BCUT2D eigenvalue weighted by atomic mass is 10.2. The molecule has 5 heteroatoms. The predicted octanol–water partition coefficient (Wildman–Crippen LogP) is 1.97. The minimum absolute atomic E-state index is 0.0335. The van der Waals surface area contributed by atoms with Crippen molar-refractivity contribution in [3.8, 4) is 0 Å². The average molecular weight is 226 g/mol. The summed E-state index contributed by atoms with van der Waals surface area (Å²) in [5.74, 6) is -0.569. The summed E-state index contributed by atoms with van der Waals surface area (Å²) in [5, 5.41) is 2.52. The molecule has 1 heterocycles. The molecule has 4 nitrogen and oxygen atoms in total. The van der Waals surface area contributed by atoms with Gasteiger partial charge < -0.3 is 10.1 Å². The lowest BCUT2D eigenvalue weighted by Crippen LogP contribution is -2.16. The molecule has 1 rings (SSSR count). The molecule has 0 aromatic carbocycles. The van der Waals surface area contributed by atoms with Crippen molar-refractivity contribution < 1.29 is 13.9 Å². The van der Waals surface area contributed by atoms with Crippen molar-refractivity contribution in [3.05, 3.63) is 24.1 Å². The van der Waals surface area contributed by atoms with Gasteiger partial charge in [-0.3, -0.25) is 4.79 Å². The normalized spacial score (nSPS) is 12.2. The van der Waals surface area contributed by atoms with Gasteiger partial charge >= 0.3 is 0 Å². The number of hydrogen-bond donors (Lipinski definition) is 1. The number of methoxy groups -OCH3 is 1. The van der Waals surface area contributed by atoms with Crippen molar-refractivity contribution in [1.29, 1.82) is 0 Å². The number of halogens is 1. The molecule has 0 fully saturated rings. The summed E-state index contributed by atoms with van der Waals surface area (Å²) in [5.41, 5.74) is 0. The third kappa shape index (κ3) is 4.35. The molecule has 0 aliphatic carbocycles. The monoisotopic (exact) mass is 226 g/mol. The average Bonchev–Trinajstić information content (AvgIpc) is 2.26. The third-order valence-electron chi connectivity index (χ3n) is 2.16. The van der Waals surface area contributed by atoms with E-state index in [1.165, 1.54) is 12.1 Å². The maximum atomic E-state index is 12.7. The zero-order valence-electron chi connectivity index (χ0n) is 9.37. The van der Waals surface area contributed by atoms with Gasteiger partial charge in [0.1, 0.15) is 5.82 Å². The van der Waals surface area contributed by atoms with Gasteiger partial charge in [-0.1, -0.05) is 6.07 Å². The van der Waals surface area contributed by atoms with Gasteiger partial charge in [-0.05, 0) is 25.5 Å². The van der Waals surface area contributed by atoms with Crippen LogP contribution in [0, 0.1) is 5.95 Å². The molecule has 88 valence electrons. The van der Waals surface area contributed by atoms with Gasteiger partial charge in [-0.25, -0.2) is 4.98 Å². The summed E-state index contributed by atoms with van der Waals surface area (Å²) in [6.45, 7) is 1.88. The van der Waals surface area contributed by atoms with Crippen LogP contribution in [0.2, 0.25) is 0 Å². The van der Waals surface area contributed by atoms with Gasteiger partial charge in [0.05, 0.1) is 6.10 Å². The Labute approximate surface area is 93.8 Å². The maximum Gasteiger partial charge on any atom is 0.225 e. The number of amides is 1. The second-order valence-electron chi connectivity index (χ2n) is 3.48. The van der Waals surface area contributed by atoms with Crippen molar-refractivity contribution in [2.45, 2.75) is 25.9 Å². The van der Waals surface area contributed by atoms with Crippen LogP contribution in [0.25, 0.3) is 0 Å². The molecule has 0 saturated heterocycles. The van der Waals surface area contributed by atoms with Gasteiger partial charge in [0.2, 0.25) is 11.9 Å². The van der Waals surface area contributed by atoms with Crippen LogP contribution in [-0.2, 0) is 9.53 Å². The number of nitrogens with one attached hydrogen (secondary N) is 1. The number of hydrogen-bond acceptors (Lipinski definition) is 3. The Morgan fingerprint density at radius 2 is 2.38 bits per heavy atom. The molecule has 16 heavy (non-hydrogen) atoms. The first kappa shape index (κ1) is 12.6. The van der Waals surface area contributed by atoms with E-state index in [9.17, 15) is 9.18 Å². The Morgan fingerprint density at radius 3 is 3.00 bits per heavy atom. The van der Waals surface area contributed by atoms with E-state index in [4.69, 9.17) is 4.74 Å². The largest absolute Gasteiger partial charge is 0.382 e. The standard InChI is InChI=1S/C11H15FN2O2/c1-8(16-2)6-7-11(15)14-10-5-3-4-9(12)13-10/h3-5,8H,6-7H2,1-2H3,(H,13,14,15). The fourth-order valence-electron chi connectivity index (χ4n) is 1.14. The number of carbonyl (C=O) groups is 1. The summed E-state index contributed by atoms with van der Waals surface area (Å²) in [4.78, 5) is 14.9. The van der Waals surface area contributed by atoms with Crippen molar-refractivity contribution >= 4 is 11.7 Å². The van der Waals surface area contributed by atoms with Crippen LogP contribution >= 0.6 is 0 Å². The minimum Gasteiger partial charge on any atom is -0.382 e. The van der Waals surface area contributed by atoms with Crippen molar-refractivity contribution in [2.24, 2.45) is 0 Å². The van der Waals surface area contributed by atoms with Crippen molar-refractivity contribution in [1.82, 2.24) is 4.98 Å². The molecule has 0 aliphatic rings. The molecule has 0 spiro atoms. The lowest BCUT2D eigenvalue weighted by Gasteiger charge is -2.08. The first-order valence-electron chi connectivity index (χ1n) is 5.07. The van der Waals surface area contributed by atoms with E-state index in [2.05, 4.69) is 10.3 Å². The smallest absolute Gasteiger partial charge is 0.225 e. The van der Waals surface area contributed by atoms with Crippen LogP contribution in [0.1, 0.15) is 19.8 Å². The number of nitrogens with zero attached hydrogens (tertiary/aromatic N) is 1. The lowest BCUT2D eigenvalue weighted by molar-refractivity contribution is -0.116. The van der Waals surface area contributed by atoms with Crippen molar-refractivity contribution in [3.63, 3.8) is 0 Å². The van der Waals surface area contributed by atoms with Gasteiger partial charge in [-0.2, -0.15) is 4.39 Å². The molecule has 0 radical (unpaired) electrons. The Hall–Kier alpha value is -1.49. The van der Waals surface area contributed by atoms with E-state index in [0.717, 1.165) is 0 Å². The molecule has 1 aromatic rings. The molecular weight excluding hydrogens is 211 g/mol. The zero-order valence-corrected chi connectivity index (χ0v) is 9.37. The molecule has 1 atom stereocenters. The summed E-state index contributed by atoms with van der Waals surface area (Å²) in [6, 6.07) is 4.26. The Bertz CT molecular complexity index is 358. The van der Waals surface area contributed by atoms with E-state index in [1.807, 2.05) is 6.92 Å². The Kier molecular flexibility index (Phi) is 4.85. The molecular formula is C11H15FN2O2. The highest BCUT2D eigenvalue weighted by Crippen LogP contribution is 2.06. The molecule has 1 aromatic heterocycles. The molecule has 1 amide bonds. The van der Waals surface area contributed by atoms with Crippen LogP contribution in [0.3, 0.4) is 0 Å². The fraction of sp³-hybridized carbons (Fsp3) is 0.455. The highest BCUT2D eigenvalue weighted by atomic mass is 19.1. The highest BCUT2D eigenvalue weighted by molar-refractivity contribution is 5.89. The van der Waals surface area contributed by atoms with E-state index in [0.29, 0.717) is 12.8 Å². The topological polar surface area (TPSA) is 51.2 Å². The van der Waals surface area contributed by atoms with E-state index < -0.39 is 5.95 Å². The SMILES string of the molecule is COC(C)CCC(=O)Nc1cccc(F)n1. The van der Waals surface area contributed by atoms with E-state index >= 15 is 0 Å². The van der Waals surface area contributed by atoms with Crippen molar-refractivity contribution in [2.75, 3.05) is 12.4 Å². The number of pyridine rings is 1. The van der Waals surface area contributed by atoms with Gasteiger partial charge in [0, 0.05) is 13.5 Å². The quantitative estimate of drug-likeness (QED) is 0.781. The zero-order chi connectivity index (χ0) is 12.0. The number of aromatic nitrogens is 1. The van der Waals surface area contributed by atoms with Crippen LogP contribution in [0.15, 0.2) is 18.2 Å². The second-order valence-corrected chi connectivity index (χ2v) is 3.48. The fourth-order valence-corrected chi connectivity index (χ4v) is 1.14. The molecule has 0 saturated carbocycles. The van der Waals surface area contributed by atoms with Gasteiger partial charge in [0.15, 0.2) is 0 Å². The summed E-state index contributed by atoms with van der Waals surface area (Å²) < 4.78 is 17.7. The molecule has 0 aliphatic heterocycles. The van der Waals surface area contributed by atoms with E-state index in [-0.39, 0.29) is 17.8 Å². The van der Waals surface area contributed by atoms with Crippen LogP contribution < -0.4 is 5.32 Å². The van der Waals surface area contributed by atoms with Gasteiger partial charge in [0.25, 0.3) is 0 Å². The van der Waals surface area contributed by atoms with Crippen LogP contribution in [0.5, 0.6) is 0 Å². The van der Waals surface area contributed by atoms with E-state index in [1.54, 1.807) is 13.2 Å². The van der Waals surface area contributed by atoms with Crippen LogP contribution in [-0.4, -0.2) is 24.1 Å². The maximum absolute atomic E-state index is 12.7. The highest BCUT2D eigenvalue weighted by Gasteiger charge is 2.07. The number of rotatable bonds is 5. The number of ether oxygens (including phenoxy) is 1. The first-order valence-corrected chi connectivity index (χ1v) is 5.07.